The zero-order chi connectivity index (χ0) is 31.6. The molecular formula is C25H24N5O13P. The van der Waals surface area contributed by atoms with Gasteiger partial charge in [-0.25, -0.2) is 34.1 Å². The first-order valence-electron chi connectivity index (χ1n) is 12.7. The third-order valence-electron chi connectivity index (χ3n) is 6.47. The average Bonchev–Trinajstić information content (AvgIpc) is 3.73. The van der Waals surface area contributed by atoms with Crippen LogP contribution in [0.1, 0.15) is 35.7 Å². The van der Waals surface area contributed by atoms with Crippen LogP contribution in [0.5, 0.6) is 0 Å². The Kier molecular flexibility index (Phi) is 8.43. The fourth-order valence-corrected chi connectivity index (χ4v) is 4.54. The Morgan fingerprint density at radius 1 is 1.07 bits per heavy atom. The predicted octanol–water partition coefficient (Wildman–Crippen LogP) is 1.44. The van der Waals surface area contributed by atoms with Crippen molar-refractivity contribution >= 4 is 44.1 Å². The summed E-state index contributed by atoms with van der Waals surface area (Å²) >= 11 is 0. The highest BCUT2D eigenvalue weighted by atomic mass is 31.0. The molecule has 0 spiro atoms. The van der Waals surface area contributed by atoms with Crippen LogP contribution >= 0.6 is 9.24 Å². The zero-order valence-electron chi connectivity index (χ0n) is 23.3. The van der Waals surface area contributed by atoms with Gasteiger partial charge in [0.2, 0.25) is 5.60 Å². The normalized spacial score (nSPS) is 19.4. The second-order valence-corrected chi connectivity index (χ2v) is 9.70. The third-order valence-corrected chi connectivity index (χ3v) is 6.73. The van der Waals surface area contributed by atoms with E-state index in [2.05, 4.69) is 35.4 Å². The number of nitrogens with zero attached hydrogens (tertiary/aromatic N) is 4. The number of carbonyl (C=O) groups is 2. The van der Waals surface area contributed by atoms with Gasteiger partial charge in [-0.15, -0.1) is 6.42 Å². The second-order valence-electron chi connectivity index (χ2n) is 9.19. The van der Waals surface area contributed by atoms with Gasteiger partial charge in [0.25, 0.3) is 0 Å². The molecule has 1 aliphatic rings. The Morgan fingerprint density at radius 2 is 1.70 bits per heavy atom. The lowest BCUT2D eigenvalue weighted by molar-refractivity contribution is -0.106. The molecule has 4 aromatic rings. The number of anilines is 1. The highest BCUT2D eigenvalue weighted by molar-refractivity contribution is 7.26. The van der Waals surface area contributed by atoms with Crippen molar-refractivity contribution in [1.29, 1.82) is 0 Å². The van der Waals surface area contributed by atoms with Crippen LogP contribution in [0, 0.1) is 26.2 Å². The molecule has 1 saturated heterocycles. The molecular weight excluding hydrogens is 609 g/mol. The maximum Gasteiger partial charge on any atom is 0.519 e. The molecule has 0 bridgehead atoms. The van der Waals surface area contributed by atoms with Crippen LogP contribution in [0.25, 0.3) is 11.2 Å². The molecule has 1 aliphatic heterocycles. The molecule has 0 radical (unpaired) electrons. The van der Waals surface area contributed by atoms with Gasteiger partial charge in [0.15, 0.2) is 59.3 Å². The number of nitrogens with one attached hydrogen (secondary N) is 1. The van der Waals surface area contributed by atoms with E-state index in [-0.39, 0.29) is 29.5 Å². The van der Waals surface area contributed by atoms with Crippen LogP contribution in [-0.4, -0.2) is 57.2 Å². The average molecular weight is 633 g/mol. The van der Waals surface area contributed by atoms with E-state index in [0.717, 1.165) is 0 Å². The van der Waals surface area contributed by atoms with Crippen LogP contribution in [0.3, 0.4) is 0 Å². The van der Waals surface area contributed by atoms with Crippen LogP contribution in [-0.2, 0) is 36.9 Å². The summed E-state index contributed by atoms with van der Waals surface area (Å²) in [6, 6.07) is 0. The molecule has 0 aliphatic carbocycles. The van der Waals surface area contributed by atoms with E-state index in [9.17, 15) is 19.2 Å². The van der Waals surface area contributed by atoms with Crippen molar-refractivity contribution in [2.75, 3.05) is 19.0 Å². The van der Waals surface area contributed by atoms with Gasteiger partial charge in [-0.05, 0) is 13.8 Å². The van der Waals surface area contributed by atoms with Gasteiger partial charge in [0.1, 0.15) is 18.4 Å². The Morgan fingerprint density at radius 3 is 2.27 bits per heavy atom. The van der Waals surface area contributed by atoms with E-state index in [1.54, 1.807) is 11.6 Å². The number of fused-ring (bicyclic) bond motifs is 1. The van der Waals surface area contributed by atoms with E-state index in [1.807, 2.05) is 0 Å². The number of aromatic nitrogens is 4. The maximum atomic E-state index is 12.7. The number of ether oxygens (including phenoxy) is 5. The summed E-state index contributed by atoms with van der Waals surface area (Å²) in [6.07, 6.45) is 2.68. The van der Waals surface area contributed by atoms with Crippen molar-refractivity contribution in [3.05, 3.63) is 50.6 Å². The van der Waals surface area contributed by atoms with E-state index >= 15 is 0 Å². The molecule has 0 saturated carbocycles. The molecule has 232 valence electrons. The summed E-state index contributed by atoms with van der Waals surface area (Å²) < 4.78 is 47.6. The fraction of sp³-hybridized carbons (Fsp3) is 0.400. The summed E-state index contributed by atoms with van der Waals surface area (Å²) in [5.41, 5.74) is -0.693. The van der Waals surface area contributed by atoms with Crippen LogP contribution in [0.15, 0.2) is 33.6 Å². The molecule has 5 rings (SSSR count). The minimum absolute atomic E-state index is 0.0215. The van der Waals surface area contributed by atoms with Crippen molar-refractivity contribution in [3.63, 3.8) is 0 Å². The minimum atomic E-state index is -1.85. The summed E-state index contributed by atoms with van der Waals surface area (Å²) in [4.78, 5) is 60.7. The van der Waals surface area contributed by atoms with Gasteiger partial charge in [-0.2, -0.15) is 0 Å². The molecule has 1 fully saturated rings. The second kappa shape index (κ2) is 12.2. The van der Waals surface area contributed by atoms with Crippen molar-refractivity contribution in [2.24, 2.45) is 0 Å². The van der Waals surface area contributed by atoms with Crippen molar-refractivity contribution in [3.8, 4) is 12.3 Å². The molecule has 1 unspecified atom stereocenters. The van der Waals surface area contributed by atoms with Gasteiger partial charge in [0, 0.05) is 13.5 Å². The van der Waals surface area contributed by atoms with E-state index < -0.39 is 61.7 Å². The van der Waals surface area contributed by atoms with Crippen molar-refractivity contribution < 1.29 is 50.9 Å². The van der Waals surface area contributed by atoms with Crippen molar-refractivity contribution in [1.82, 2.24) is 19.5 Å². The standard InChI is InChI=1S/C25H24N5O13P/c1-5-25(9-37-21(31)35-7-13-11(2)38-23(33)40-13)15(42-22(32)36-8-14-12(3)39-24(34)41-14)6-16(43-25)30-10-27-17-18(26-4)28-20(44)29-19(17)30/h1,10,15-16H,6-9,44H2,2-4H3,(H,26,28,29)/t15-,16+,25+/m0/s1. The lowest BCUT2D eigenvalue weighted by Crippen LogP contribution is -2.45. The molecule has 4 aromatic heterocycles. The quantitative estimate of drug-likeness (QED) is 0.156. The number of rotatable bonds is 9. The molecule has 0 aromatic carbocycles. The summed E-state index contributed by atoms with van der Waals surface area (Å²) in [6.45, 7) is 1.31. The number of imidazole rings is 1. The molecule has 4 atom stereocenters. The Hall–Kier alpha value is -5.14. The number of hydrogen-bond acceptors (Lipinski definition) is 17. The lowest BCUT2D eigenvalue weighted by Gasteiger charge is -2.27. The highest BCUT2D eigenvalue weighted by Gasteiger charge is 2.53. The summed E-state index contributed by atoms with van der Waals surface area (Å²) in [5.74, 6) is 1.13. The van der Waals surface area contributed by atoms with Crippen molar-refractivity contribution in [2.45, 2.75) is 51.4 Å². The van der Waals surface area contributed by atoms with E-state index in [1.165, 1.54) is 20.2 Å². The predicted molar refractivity (Wildman–Crippen MR) is 146 cm³/mol. The van der Waals surface area contributed by atoms with Crippen LogP contribution in [0.2, 0.25) is 0 Å². The number of hydrogen-bond donors (Lipinski definition) is 1. The Balaban J connectivity index is 1.36. The van der Waals surface area contributed by atoms with Gasteiger partial charge >= 0.3 is 24.0 Å². The Labute approximate surface area is 248 Å². The van der Waals surface area contributed by atoms with Crippen LogP contribution < -0.4 is 22.5 Å². The Bertz CT molecular complexity index is 1860. The SMILES string of the molecule is C#C[C@]1(COC(=O)OCc2oc(=O)oc2C)O[C@@H](n2cnc3c(NC)nc(P)nc32)C[C@@H]1OC(=O)OCc1oc(=O)oc1C. The maximum absolute atomic E-state index is 12.7. The smallest absolute Gasteiger partial charge is 0.430 e. The van der Waals surface area contributed by atoms with E-state index in [4.69, 9.17) is 47.8 Å². The zero-order valence-corrected chi connectivity index (χ0v) is 24.5. The van der Waals surface area contributed by atoms with Gasteiger partial charge < -0.3 is 46.7 Å². The monoisotopic (exact) mass is 633 g/mol. The summed E-state index contributed by atoms with van der Waals surface area (Å²) in [5, 5.41) is 2.94. The number of aryl methyl sites for hydroxylation is 2. The van der Waals surface area contributed by atoms with Gasteiger partial charge in [-0.3, -0.25) is 4.57 Å². The topological polar surface area (TPSA) is 223 Å². The largest absolute Gasteiger partial charge is 0.519 e. The van der Waals surface area contributed by atoms with Gasteiger partial charge in [0.05, 0.1) is 6.33 Å². The molecule has 5 heterocycles. The molecule has 0 amide bonds. The molecule has 18 nitrogen and oxygen atoms in total. The fourth-order valence-electron chi connectivity index (χ4n) is 4.29. The molecule has 44 heavy (non-hydrogen) atoms. The minimum Gasteiger partial charge on any atom is -0.430 e. The highest BCUT2D eigenvalue weighted by Crippen LogP contribution is 2.40. The van der Waals surface area contributed by atoms with E-state index in [0.29, 0.717) is 22.5 Å². The summed E-state index contributed by atoms with van der Waals surface area (Å²) in [7, 11) is 4.06. The number of carbonyl (C=O) groups excluding carboxylic acids is 2. The van der Waals surface area contributed by atoms with Crippen LogP contribution in [0.4, 0.5) is 15.4 Å². The molecule has 1 N–H and O–H groups in total. The molecule has 19 heteroatoms. The first kappa shape index (κ1) is 30.3. The third kappa shape index (κ3) is 6.14. The first-order chi connectivity index (χ1) is 21.0. The number of terminal acetylenes is 1. The lowest BCUT2D eigenvalue weighted by atomic mass is 9.98. The first-order valence-corrected chi connectivity index (χ1v) is 13.2. The van der Waals surface area contributed by atoms with Gasteiger partial charge in [-0.1, -0.05) is 15.2 Å².